The van der Waals surface area contributed by atoms with Gasteiger partial charge in [-0.2, -0.15) is 0 Å². The van der Waals surface area contributed by atoms with E-state index >= 15 is 0 Å². The normalized spacial score (nSPS) is 52.1. The number of aliphatic hydroxyl groups excluding tert-OH is 2. The summed E-state index contributed by atoms with van der Waals surface area (Å²) in [7, 11) is 0. The molecule has 0 heterocycles. The summed E-state index contributed by atoms with van der Waals surface area (Å²) in [5, 5.41) is 19.5. The summed E-state index contributed by atoms with van der Waals surface area (Å²) in [6.45, 7) is 0. The van der Waals surface area contributed by atoms with Crippen molar-refractivity contribution in [2.45, 2.75) is 69.9 Å². The summed E-state index contributed by atoms with van der Waals surface area (Å²) in [6, 6.07) is 0. The van der Waals surface area contributed by atoms with Crippen LogP contribution in [0.3, 0.4) is 0 Å². The first kappa shape index (κ1) is 16.8. The molecular weight excluding hydrogens is 350 g/mol. The summed E-state index contributed by atoms with van der Waals surface area (Å²) >= 11 is 26.1. The van der Waals surface area contributed by atoms with E-state index in [0.29, 0.717) is 25.7 Å². The van der Waals surface area contributed by atoms with Crippen molar-refractivity contribution in [3.05, 3.63) is 0 Å². The summed E-state index contributed by atoms with van der Waals surface area (Å²) in [5.41, 5.74) is 0. The zero-order valence-electron chi connectivity index (χ0n) is 10.3. The Morgan fingerprint density at radius 3 is 1.42 bits per heavy atom. The minimum absolute atomic E-state index is 0.0252. The van der Waals surface area contributed by atoms with E-state index in [2.05, 4.69) is 0 Å². The minimum Gasteiger partial charge on any atom is -0.390 e. The molecule has 2 N–H and O–H groups in total. The molecule has 0 saturated heterocycles. The van der Waals surface area contributed by atoms with Crippen LogP contribution in [-0.4, -0.2) is 54.4 Å². The average Bonchev–Trinajstić information content (AvgIpc) is 2.31. The Morgan fingerprint density at radius 2 is 1.05 bits per heavy atom. The molecule has 19 heavy (non-hydrogen) atoms. The third kappa shape index (κ3) is 4.21. The van der Waals surface area contributed by atoms with Crippen LogP contribution in [0.2, 0.25) is 0 Å². The van der Waals surface area contributed by atoms with Gasteiger partial charge >= 0.3 is 0 Å². The largest absolute Gasteiger partial charge is 0.390 e. The number of rotatable bonds is 2. The Bertz CT molecular complexity index is 281. The zero-order chi connectivity index (χ0) is 14.2. The van der Waals surface area contributed by atoms with E-state index in [-0.39, 0.29) is 32.0 Å². The third-order valence-corrected chi connectivity index (χ3v) is 7.02. The molecule has 2 nitrogen and oxygen atoms in total. The molecule has 0 radical (unpaired) electrons. The van der Waals surface area contributed by atoms with Crippen molar-refractivity contribution in [1.82, 2.24) is 0 Å². The first-order valence-electron chi connectivity index (χ1n) is 6.46. The number of thioether (sulfide) groups is 1. The third-order valence-electron chi connectivity index (χ3n) is 3.79. The number of halogens is 4. The summed E-state index contributed by atoms with van der Waals surface area (Å²) in [4.78, 5) is 0. The average molecular weight is 368 g/mol. The lowest BCUT2D eigenvalue weighted by Gasteiger charge is -2.40. The minimum atomic E-state index is -0.599. The Kier molecular flexibility index (Phi) is 6.30. The first-order valence-corrected chi connectivity index (χ1v) is 9.15. The van der Waals surface area contributed by atoms with Crippen LogP contribution < -0.4 is 0 Å². The monoisotopic (exact) mass is 366 g/mol. The van der Waals surface area contributed by atoms with Crippen LogP contribution in [0.25, 0.3) is 0 Å². The fourth-order valence-electron chi connectivity index (χ4n) is 2.71. The van der Waals surface area contributed by atoms with Gasteiger partial charge in [0.25, 0.3) is 0 Å². The van der Waals surface area contributed by atoms with Crippen LogP contribution in [-0.2, 0) is 0 Å². The van der Waals surface area contributed by atoms with Crippen LogP contribution in [0.1, 0.15) is 25.7 Å². The van der Waals surface area contributed by atoms with Gasteiger partial charge in [-0.05, 0) is 25.7 Å². The fraction of sp³-hybridized carbons (Fsp3) is 1.00. The highest BCUT2D eigenvalue weighted by molar-refractivity contribution is 8.00. The summed E-state index contributed by atoms with van der Waals surface area (Å²) in [5.74, 6) is 0. The van der Waals surface area contributed by atoms with Gasteiger partial charge in [0, 0.05) is 21.3 Å². The van der Waals surface area contributed by atoms with Crippen molar-refractivity contribution < 1.29 is 10.2 Å². The van der Waals surface area contributed by atoms with Crippen molar-refractivity contribution in [3.63, 3.8) is 0 Å². The second-order valence-electron chi connectivity index (χ2n) is 5.36. The molecule has 8 atom stereocenters. The van der Waals surface area contributed by atoms with Crippen molar-refractivity contribution in [2.75, 3.05) is 0 Å². The molecule has 0 aromatic rings. The van der Waals surface area contributed by atoms with E-state index in [1.165, 1.54) is 11.8 Å². The Hall–Kier alpha value is 1.43. The zero-order valence-corrected chi connectivity index (χ0v) is 14.1. The Morgan fingerprint density at radius 1 is 0.684 bits per heavy atom. The van der Waals surface area contributed by atoms with Crippen molar-refractivity contribution >= 4 is 58.2 Å². The number of alkyl halides is 4. The fourth-order valence-corrected chi connectivity index (χ4v) is 6.66. The van der Waals surface area contributed by atoms with E-state index in [1.807, 2.05) is 0 Å². The van der Waals surface area contributed by atoms with Gasteiger partial charge in [-0.25, -0.2) is 0 Å². The molecular formula is C12H18Cl4O2S. The standard InChI is InChI=1S/C12H18Cl4O2S/c13-5-1-7(15)11(17)9(3-5)19-10-4-6(14)2-8(16)12(10)18/h5-12,17-18H,1-4H2. The molecule has 7 heteroatoms. The predicted octanol–water partition coefficient (Wildman–Crippen LogP) is 3.20. The number of hydrogen-bond acceptors (Lipinski definition) is 3. The smallest absolute Gasteiger partial charge is 0.0823 e. The van der Waals surface area contributed by atoms with Gasteiger partial charge in [-0.15, -0.1) is 58.2 Å². The van der Waals surface area contributed by atoms with E-state index < -0.39 is 12.2 Å². The molecule has 0 amide bonds. The summed E-state index contributed by atoms with van der Waals surface area (Å²) < 4.78 is 0. The van der Waals surface area contributed by atoms with Crippen molar-refractivity contribution in [1.29, 1.82) is 0 Å². The molecule has 0 spiro atoms. The van der Waals surface area contributed by atoms with E-state index in [4.69, 9.17) is 46.4 Å². The molecule has 2 aliphatic carbocycles. The van der Waals surface area contributed by atoms with Gasteiger partial charge in [0.15, 0.2) is 0 Å². The summed E-state index contributed by atoms with van der Waals surface area (Å²) in [6.07, 6.45) is 1.42. The molecule has 2 aliphatic rings. The highest BCUT2D eigenvalue weighted by Crippen LogP contribution is 2.41. The lowest BCUT2D eigenvalue weighted by molar-refractivity contribution is 0.132. The molecule has 0 aromatic carbocycles. The SMILES string of the molecule is OC1C(Cl)CC(Cl)CC1SC1CC(Cl)CC(Cl)C1O. The van der Waals surface area contributed by atoms with Gasteiger partial charge in [0.1, 0.15) is 0 Å². The second-order valence-corrected chi connectivity index (χ2v) is 9.20. The van der Waals surface area contributed by atoms with Crippen LogP contribution in [0, 0.1) is 0 Å². The quantitative estimate of drug-likeness (QED) is 0.736. The molecule has 8 unspecified atom stereocenters. The lowest BCUT2D eigenvalue weighted by Crippen LogP contribution is -2.46. The highest BCUT2D eigenvalue weighted by atomic mass is 35.5. The maximum Gasteiger partial charge on any atom is 0.0823 e. The molecule has 2 rings (SSSR count). The van der Waals surface area contributed by atoms with Crippen LogP contribution in [0.5, 0.6) is 0 Å². The van der Waals surface area contributed by atoms with Gasteiger partial charge in [0.05, 0.1) is 23.0 Å². The van der Waals surface area contributed by atoms with Gasteiger partial charge < -0.3 is 10.2 Å². The van der Waals surface area contributed by atoms with E-state index in [9.17, 15) is 10.2 Å². The Labute approximate surface area is 138 Å². The molecule has 0 aromatic heterocycles. The van der Waals surface area contributed by atoms with Gasteiger partial charge in [-0.1, -0.05) is 0 Å². The maximum absolute atomic E-state index is 10.1. The van der Waals surface area contributed by atoms with E-state index in [0.717, 1.165) is 0 Å². The maximum atomic E-state index is 10.1. The van der Waals surface area contributed by atoms with Crippen LogP contribution >= 0.6 is 58.2 Å². The molecule has 0 bridgehead atoms. The number of aliphatic hydroxyl groups is 2. The molecule has 112 valence electrons. The van der Waals surface area contributed by atoms with Crippen molar-refractivity contribution in [3.8, 4) is 0 Å². The first-order chi connectivity index (χ1) is 8.88. The second kappa shape index (κ2) is 7.13. The number of hydrogen-bond donors (Lipinski definition) is 2. The molecule has 2 fully saturated rings. The molecule has 0 aliphatic heterocycles. The topological polar surface area (TPSA) is 40.5 Å². The van der Waals surface area contributed by atoms with Gasteiger partial charge in [0.2, 0.25) is 0 Å². The Balaban J connectivity index is 1.98. The lowest BCUT2D eigenvalue weighted by atomic mass is 9.95. The molecule has 2 saturated carbocycles. The predicted molar refractivity (Wildman–Crippen MR) is 84.2 cm³/mol. The van der Waals surface area contributed by atoms with E-state index in [1.54, 1.807) is 0 Å². The van der Waals surface area contributed by atoms with Crippen LogP contribution in [0.15, 0.2) is 0 Å². The van der Waals surface area contributed by atoms with Crippen LogP contribution in [0.4, 0.5) is 0 Å². The highest BCUT2D eigenvalue weighted by Gasteiger charge is 2.41. The van der Waals surface area contributed by atoms with Crippen molar-refractivity contribution in [2.24, 2.45) is 0 Å². The van der Waals surface area contributed by atoms with Gasteiger partial charge in [-0.3, -0.25) is 0 Å².